The van der Waals surface area contributed by atoms with Gasteiger partial charge in [0.05, 0.1) is 10.0 Å². The zero-order chi connectivity index (χ0) is 14.8. The van der Waals surface area contributed by atoms with E-state index >= 15 is 0 Å². The second kappa shape index (κ2) is 4.63. The summed E-state index contributed by atoms with van der Waals surface area (Å²) >= 11 is 12.3. The molecule has 3 atom stereocenters. The topological polar surface area (TPSA) is 26.0 Å². The van der Waals surface area contributed by atoms with Crippen molar-refractivity contribution in [3.8, 4) is 0 Å². The van der Waals surface area contributed by atoms with E-state index in [1.807, 2.05) is 12.1 Å². The van der Waals surface area contributed by atoms with Gasteiger partial charge < -0.3 is 5.73 Å². The van der Waals surface area contributed by atoms with Crippen molar-refractivity contribution in [3.63, 3.8) is 0 Å². The molecule has 0 amide bonds. The number of nitrogens with two attached hydrogens (primary N) is 1. The van der Waals surface area contributed by atoms with E-state index in [1.165, 1.54) is 38.5 Å². The fourth-order valence-electron chi connectivity index (χ4n) is 6.22. The summed E-state index contributed by atoms with van der Waals surface area (Å²) in [7, 11) is 0. The molecule has 4 fully saturated rings. The Labute approximate surface area is 137 Å². The van der Waals surface area contributed by atoms with Gasteiger partial charge in [-0.1, -0.05) is 36.2 Å². The summed E-state index contributed by atoms with van der Waals surface area (Å²) in [6, 6.07) is 6.04. The summed E-state index contributed by atoms with van der Waals surface area (Å²) < 4.78 is 0. The third kappa shape index (κ3) is 2.24. The predicted molar refractivity (Wildman–Crippen MR) is 88.6 cm³/mol. The van der Waals surface area contributed by atoms with Gasteiger partial charge in [0, 0.05) is 6.04 Å². The lowest BCUT2D eigenvalue weighted by Crippen LogP contribution is -2.54. The standard InChI is InChI=1S/C18H23Cl2N/c1-17-6-11-4-12(7-17)9-18(8-11,10-17)16(21)13-2-3-14(19)15(20)5-13/h2-3,5,11-12,16H,4,6-10,21H2,1H3. The van der Waals surface area contributed by atoms with Gasteiger partial charge in [0.1, 0.15) is 0 Å². The van der Waals surface area contributed by atoms with Crippen molar-refractivity contribution in [1.82, 2.24) is 0 Å². The molecule has 4 bridgehead atoms. The largest absolute Gasteiger partial charge is 0.323 e. The molecule has 0 saturated heterocycles. The number of hydrogen-bond donors (Lipinski definition) is 1. The van der Waals surface area contributed by atoms with E-state index < -0.39 is 0 Å². The number of halogens is 2. The van der Waals surface area contributed by atoms with Gasteiger partial charge in [-0.15, -0.1) is 0 Å². The maximum atomic E-state index is 6.77. The normalized spacial score (nSPS) is 42.3. The van der Waals surface area contributed by atoms with Crippen LogP contribution in [0.2, 0.25) is 10.0 Å². The first-order valence-electron chi connectivity index (χ1n) is 8.10. The highest BCUT2D eigenvalue weighted by Crippen LogP contribution is 2.67. The third-order valence-corrected chi connectivity index (χ3v) is 7.10. The van der Waals surface area contributed by atoms with E-state index in [9.17, 15) is 0 Å². The molecule has 0 spiro atoms. The van der Waals surface area contributed by atoms with E-state index in [0.29, 0.717) is 15.5 Å². The zero-order valence-electron chi connectivity index (χ0n) is 12.5. The van der Waals surface area contributed by atoms with Crippen LogP contribution >= 0.6 is 23.2 Å². The van der Waals surface area contributed by atoms with Crippen molar-refractivity contribution in [2.75, 3.05) is 0 Å². The molecule has 0 heterocycles. The lowest BCUT2D eigenvalue weighted by Gasteiger charge is -2.63. The van der Waals surface area contributed by atoms with Crippen molar-refractivity contribution in [2.45, 2.75) is 51.5 Å². The lowest BCUT2D eigenvalue weighted by molar-refractivity contribution is -0.113. The molecular formula is C18H23Cl2N. The van der Waals surface area contributed by atoms with Crippen molar-refractivity contribution in [1.29, 1.82) is 0 Å². The summed E-state index contributed by atoms with van der Waals surface area (Å²) in [5.41, 5.74) is 8.75. The monoisotopic (exact) mass is 323 g/mol. The Morgan fingerprint density at radius 1 is 1.10 bits per heavy atom. The maximum absolute atomic E-state index is 6.77. The van der Waals surface area contributed by atoms with Crippen LogP contribution < -0.4 is 5.73 Å². The number of rotatable bonds is 2. The first kappa shape index (κ1) is 14.4. The van der Waals surface area contributed by atoms with Gasteiger partial charge in [-0.05, 0) is 78.9 Å². The summed E-state index contributed by atoms with van der Waals surface area (Å²) in [6.45, 7) is 2.49. The second-order valence-electron chi connectivity index (χ2n) is 8.29. The highest BCUT2D eigenvalue weighted by atomic mass is 35.5. The molecular weight excluding hydrogens is 301 g/mol. The Balaban J connectivity index is 1.70. The van der Waals surface area contributed by atoms with Gasteiger partial charge in [0.15, 0.2) is 0 Å². The predicted octanol–water partition coefficient (Wildman–Crippen LogP) is 5.60. The van der Waals surface area contributed by atoms with Crippen molar-refractivity contribution >= 4 is 23.2 Å². The van der Waals surface area contributed by atoms with Crippen molar-refractivity contribution in [2.24, 2.45) is 28.4 Å². The van der Waals surface area contributed by atoms with Crippen LogP contribution in [-0.4, -0.2) is 0 Å². The highest BCUT2D eigenvalue weighted by molar-refractivity contribution is 6.42. The average molecular weight is 324 g/mol. The maximum Gasteiger partial charge on any atom is 0.0595 e. The van der Waals surface area contributed by atoms with Gasteiger partial charge in [-0.25, -0.2) is 0 Å². The molecule has 5 rings (SSSR count). The molecule has 4 aliphatic rings. The second-order valence-corrected chi connectivity index (χ2v) is 9.10. The molecule has 1 nitrogen and oxygen atoms in total. The lowest BCUT2D eigenvalue weighted by atomic mass is 9.43. The summed E-state index contributed by atoms with van der Waals surface area (Å²) in [6.07, 6.45) is 8.17. The minimum absolute atomic E-state index is 0.0949. The Morgan fingerprint density at radius 2 is 1.76 bits per heavy atom. The van der Waals surface area contributed by atoms with Gasteiger partial charge >= 0.3 is 0 Å². The zero-order valence-corrected chi connectivity index (χ0v) is 14.1. The van der Waals surface area contributed by atoms with E-state index in [2.05, 4.69) is 13.0 Å². The molecule has 0 radical (unpaired) electrons. The molecule has 1 aromatic carbocycles. The fraction of sp³-hybridized carbons (Fsp3) is 0.667. The molecule has 2 N–H and O–H groups in total. The fourth-order valence-corrected chi connectivity index (χ4v) is 6.53. The van der Waals surface area contributed by atoms with Gasteiger partial charge in [0.25, 0.3) is 0 Å². The van der Waals surface area contributed by atoms with Gasteiger partial charge in [-0.2, -0.15) is 0 Å². The molecule has 114 valence electrons. The van der Waals surface area contributed by atoms with Crippen LogP contribution in [0.1, 0.15) is 57.1 Å². The van der Waals surface area contributed by atoms with Gasteiger partial charge in [-0.3, -0.25) is 0 Å². The van der Waals surface area contributed by atoms with Crippen LogP contribution in [0.25, 0.3) is 0 Å². The molecule has 3 heteroatoms. The Morgan fingerprint density at radius 3 is 2.33 bits per heavy atom. The highest BCUT2D eigenvalue weighted by Gasteiger charge is 2.57. The molecule has 4 saturated carbocycles. The molecule has 3 unspecified atom stereocenters. The molecule has 4 aliphatic carbocycles. The van der Waals surface area contributed by atoms with Crippen molar-refractivity contribution in [3.05, 3.63) is 33.8 Å². The van der Waals surface area contributed by atoms with Crippen LogP contribution in [-0.2, 0) is 0 Å². The molecule has 1 aromatic rings. The van der Waals surface area contributed by atoms with E-state index in [1.54, 1.807) is 0 Å². The van der Waals surface area contributed by atoms with E-state index in [4.69, 9.17) is 28.9 Å². The van der Waals surface area contributed by atoms with Crippen LogP contribution in [0.4, 0.5) is 0 Å². The quantitative estimate of drug-likeness (QED) is 0.753. The molecule has 21 heavy (non-hydrogen) atoms. The van der Waals surface area contributed by atoms with Crippen LogP contribution in [0.15, 0.2) is 18.2 Å². The van der Waals surface area contributed by atoms with Gasteiger partial charge in [0.2, 0.25) is 0 Å². The first-order valence-corrected chi connectivity index (χ1v) is 8.85. The summed E-state index contributed by atoms with van der Waals surface area (Å²) in [4.78, 5) is 0. The van der Waals surface area contributed by atoms with E-state index in [0.717, 1.165) is 17.4 Å². The van der Waals surface area contributed by atoms with Crippen LogP contribution in [0.5, 0.6) is 0 Å². The Kier molecular flexibility index (Phi) is 3.17. The first-order chi connectivity index (χ1) is 9.89. The Hall–Kier alpha value is -0.240. The smallest absolute Gasteiger partial charge is 0.0595 e. The number of benzene rings is 1. The van der Waals surface area contributed by atoms with E-state index in [-0.39, 0.29) is 11.5 Å². The van der Waals surface area contributed by atoms with Crippen molar-refractivity contribution < 1.29 is 0 Å². The minimum atomic E-state index is 0.0949. The Bertz CT molecular complexity index is 569. The minimum Gasteiger partial charge on any atom is -0.323 e. The molecule has 0 aromatic heterocycles. The average Bonchev–Trinajstić information content (AvgIpc) is 2.38. The summed E-state index contributed by atoms with van der Waals surface area (Å²) in [5.74, 6) is 1.79. The molecule has 0 aliphatic heterocycles. The van der Waals surface area contributed by atoms with Crippen LogP contribution in [0.3, 0.4) is 0 Å². The summed E-state index contributed by atoms with van der Waals surface area (Å²) in [5, 5.41) is 1.24. The number of hydrogen-bond acceptors (Lipinski definition) is 1. The van der Waals surface area contributed by atoms with Crippen LogP contribution in [0, 0.1) is 22.7 Å². The third-order valence-electron chi connectivity index (χ3n) is 6.36. The SMILES string of the molecule is CC12CC3CC(C1)CC(C(N)c1ccc(Cl)c(Cl)c1)(C3)C2.